The third kappa shape index (κ3) is 6.36. The molecule has 2 aromatic rings. The van der Waals surface area contributed by atoms with Gasteiger partial charge in [0.05, 0.1) is 37.4 Å². The minimum Gasteiger partial charge on any atom is -0.394 e. The highest BCUT2D eigenvalue weighted by molar-refractivity contribution is 5.89. The number of amides is 3. The summed E-state index contributed by atoms with van der Waals surface area (Å²) in [5.41, 5.74) is 1.17. The lowest BCUT2D eigenvalue weighted by atomic mass is 10.0. The number of nitrogens with one attached hydrogen (secondary N) is 3. The summed E-state index contributed by atoms with van der Waals surface area (Å²) in [7, 11) is 0. The van der Waals surface area contributed by atoms with Gasteiger partial charge in [-0.15, -0.1) is 0 Å². The minimum absolute atomic E-state index is 0.0777. The normalized spacial score (nSPS) is 20.4. The van der Waals surface area contributed by atoms with Gasteiger partial charge in [-0.05, 0) is 36.4 Å². The van der Waals surface area contributed by atoms with Crippen LogP contribution in [-0.4, -0.2) is 46.9 Å². The van der Waals surface area contributed by atoms with Crippen LogP contribution < -0.4 is 16.0 Å². The van der Waals surface area contributed by atoms with Gasteiger partial charge >= 0.3 is 6.03 Å². The quantitative estimate of drug-likeness (QED) is 0.516. The number of ether oxygens (including phenoxy) is 1. The Hall–Kier alpha value is -3.30. The summed E-state index contributed by atoms with van der Waals surface area (Å²) in [4.78, 5) is 28.4. The van der Waals surface area contributed by atoms with Gasteiger partial charge in [0.15, 0.2) is 0 Å². The fraction of sp³-hybridized carbons (Fsp3) is 0.286. The van der Waals surface area contributed by atoms with Crippen molar-refractivity contribution < 1.29 is 23.8 Å². The SMILES string of the molecule is O=C(C[C@H]1C=C[C@@H](NC(=O)Nc2ccc(F)cc2)[C@H](CO)O1)NCc1ccccn1. The van der Waals surface area contributed by atoms with Gasteiger partial charge in [-0.3, -0.25) is 9.78 Å². The maximum Gasteiger partial charge on any atom is 0.319 e. The second-order valence-corrected chi connectivity index (χ2v) is 6.71. The second-order valence-electron chi connectivity index (χ2n) is 6.71. The summed E-state index contributed by atoms with van der Waals surface area (Å²) in [6, 6.07) is 9.69. The fourth-order valence-electron chi connectivity index (χ4n) is 2.93. The summed E-state index contributed by atoms with van der Waals surface area (Å²) in [6.45, 7) is -0.0227. The molecular weight excluding hydrogens is 391 g/mol. The first kappa shape index (κ1) is 21.4. The number of pyridine rings is 1. The van der Waals surface area contributed by atoms with E-state index < -0.39 is 30.1 Å². The highest BCUT2D eigenvalue weighted by Crippen LogP contribution is 2.16. The van der Waals surface area contributed by atoms with Crippen LogP contribution in [0.1, 0.15) is 12.1 Å². The summed E-state index contributed by atoms with van der Waals surface area (Å²) in [6.07, 6.45) is 3.86. The molecule has 3 rings (SSSR count). The van der Waals surface area contributed by atoms with E-state index in [0.29, 0.717) is 12.2 Å². The largest absolute Gasteiger partial charge is 0.394 e. The smallest absolute Gasteiger partial charge is 0.319 e. The molecule has 1 aromatic heterocycles. The molecule has 1 aliphatic heterocycles. The first-order valence-electron chi connectivity index (χ1n) is 9.48. The van der Waals surface area contributed by atoms with Crippen LogP contribution >= 0.6 is 0 Å². The van der Waals surface area contributed by atoms with E-state index in [1.54, 1.807) is 24.4 Å². The lowest BCUT2D eigenvalue weighted by Gasteiger charge is -2.31. The number of halogens is 1. The van der Waals surface area contributed by atoms with Gasteiger partial charge in [0.2, 0.25) is 5.91 Å². The number of rotatable bonds is 7. The Labute approximate surface area is 173 Å². The van der Waals surface area contributed by atoms with Gasteiger partial charge in [-0.25, -0.2) is 9.18 Å². The second kappa shape index (κ2) is 10.5. The van der Waals surface area contributed by atoms with Crippen molar-refractivity contribution in [2.24, 2.45) is 0 Å². The van der Waals surface area contributed by atoms with E-state index >= 15 is 0 Å². The van der Waals surface area contributed by atoms with Crippen LogP contribution in [0.4, 0.5) is 14.9 Å². The molecule has 0 bridgehead atoms. The van der Waals surface area contributed by atoms with Crippen molar-refractivity contribution >= 4 is 17.6 Å². The number of aromatic nitrogens is 1. The number of urea groups is 1. The number of aliphatic hydroxyl groups is 1. The monoisotopic (exact) mass is 414 g/mol. The number of anilines is 1. The van der Waals surface area contributed by atoms with Crippen molar-refractivity contribution in [2.45, 2.75) is 31.2 Å². The zero-order chi connectivity index (χ0) is 21.3. The van der Waals surface area contributed by atoms with E-state index in [1.165, 1.54) is 24.3 Å². The molecule has 0 unspecified atom stereocenters. The first-order valence-corrected chi connectivity index (χ1v) is 9.48. The number of nitrogens with zero attached hydrogens (tertiary/aromatic N) is 1. The van der Waals surface area contributed by atoms with E-state index in [0.717, 1.165) is 5.69 Å². The van der Waals surface area contributed by atoms with Gasteiger partial charge < -0.3 is 25.8 Å². The van der Waals surface area contributed by atoms with Crippen molar-refractivity contribution in [3.05, 3.63) is 72.3 Å². The number of carbonyl (C=O) groups is 2. The van der Waals surface area contributed by atoms with Crippen LogP contribution in [-0.2, 0) is 16.1 Å². The molecule has 0 saturated carbocycles. The average molecular weight is 414 g/mol. The molecule has 158 valence electrons. The molecule has 8 nitrogen and oxygen atoms in total. The topological polar surface area (TPSA) is 113 Å². The predicted molar refractivity (Wildman–Crippen MR) is 108 cm³/mol. The summed E-state index contributed by atoms with van der Waals surface area (Å²) >= 11 is 0. The molecule has 30 heavy (non-hydrogen) atoms. The average Bonchev–Trinajstić information content (AvgIpc) is 2.75. The van der Waals surface area contributed by atoms with E-state index in [-0.39, 0.29) is 18.9 Å². The number of carbonyl (C=O) groups excluding carboxylic acids is 2. The lowest BCUT2D eigenvalue weighted by molar-refractivity contribution is -0.125. The highest BCUT2D eigenvalue weighted by Gasteiger charge is 2.29. The molecule has 9 heteroatoms. The third-order valence-electron chi connectivity index (χ3n) is 4.44. The third-order valence-corrected chi connectivity index (χ3v) is 4.44. The van der Waals surface area contributed by atoms with Crippen LogP contribution in [0.25, 0.3) is 0 Å². The molecular formula is C21H23FN4O4. The maximum absolute atomic E-state index is 12.9. The van der Waals surface area contributed by atoms with Gasteiger partial charge in [-0.2, -0.15) is 0 Å². The summed E-state index contributed by atoms with van der Waals surface area (Å²) in [5.74, 6) is -0.618. The molecule has 0 aliphatic carbocycles. The zero-order valence-electron chi connectivity index (χ0n) is 16.1. The molecule has 0 spiro atoms. The molecule has 4 N–H and O–H groups in total. The Bertz CT molecular complexity index is 876. The Morgan fingerprint density at radius 3 is 2.63 bits per heavy atom. The van der Waals surface area contributed by atoms with E-state index in [1.807, 2.05) is 12.1 Å². The van der Waals surface area contributed by atoms with Crippen LogP contribution in [0.15, 0.2) is 60.8 Å². The van der Waals surface area contributed by atoms with Crippen LogP contribution in [0.3, 0.4) is 0 Å². The minimum atomic E-state index is -0.706. The molecule has 0 fully saturated rings. The highest BCUT2D eigenvalue weighted by atomic mass is 19.1. The number of benzene rings is 1. The van der Waals surface area contributed by atoms with Crippen molar-refractivity contribution in [2.75, 3.05) is 11.9 Å². The predicted octanol–water partition coefficient (Wildman–Crippen LogP) is 1.73. The number of hydrogen-bond acceptors (Lipinski definition) is 5. The zero-order valence-corrected chi connectivity index (χ0v) is 16.1. The van der Waals surface area contributed by atoms with Gasteiger partial charge in [0, 0.05) is 11.9 Å². The molecule has 0 radical (unpaired) electrons. The van der Waals surface area contributed by atoms with Crippen molar-refractivity contribution in [3.8, 4) is 0 Å². The molecule has 3 amide bonds. The fourth-order valence-corrected chi connectivity index (χ4v) is 2.93. The summed E-state index contributed by atoms with van der Waals surface area (Å²) < 4.78 is 18.7. The summed E-state index contributed by atoms with van der Waals surface area (Å²) in [5, 5.41) is 17.6. The van der Waals surface area contributed by atoms with Crippen molar-refractivity contribution in [1.29, 1.82) is 0 Å². The van der Waals surface area contributed by atoms with Gasteiger partial charge in [-0.1, -0.05) is 18.2 Å². The molecule has 1 aromatic carbocycles. The van der Waals surface area contributed by atoms with Crippen LogP contribution in [0.2, 0.25) is 0 Å². The maximum atomic E-state index is 12.9. The van der Waals surface area contributed by atoms with E-state index in [2.05, 4.69) is 20.9 Å². The number of hydrogen-bond donors (Lipinski definition) is 4. The number of aliphatic hydroxyl groups excluding tert-OH is 1. The lowest BCUT2D eigenvalue weighted by Crippen LogP contribution is -2.50. The van der Waals surface area contributed by atoms with Gasteiger partial charge in [0.25, 0.3) is 0 Å². The molecule has 1 aliphatic rings. The van der Waals surface area contributed by atoms with E-state index in [4.69, 9.17) is 4.74 Å². The Morgan fingerprint density at radius 2 is 1.93 bits per heavy atom. The molecule has 0 saturated heterocycles. The first-order chi connectivity index (χ1) is 14.5. The Morgan fingerprint density at radius 1 is 1.13 bits per heavy atom. The van der Waals surface area contributed by atoms with E-state index in [9.17, 15) is 19.1 Å². The van der Waals surface area contributed by atoms with Crippen LogP contribution in [0, 0.1) is 5.82 Å². The van der Waals surface area contributed by atoms with Crippen molar-refractivity contribution in [1.82, 2.24) is 15.6 Å². The molecule has 3 atom stereocenters. The van der Waals surface area contributed by atoms with Crippen molar-refractivity contribution in [3.63, 3.8) is 0 Å². The Kier molecular flexibility index (Phi) is 7.47. The molecule has 2 heterocycles. The van der Waals surface area contributed by atoms with Gasteiger partial charge in [0.1, 0.15) is 11.9 Å². The Balaban J connectivity index is 1.48. The van der Waals surface area contributed by atoms with Crippen LogP contribution in [0.5, 0.6) is 0 Å². The standard InChI is InChI=1S/C21H23FN4O4/c22-14-4-6-15(7-5-14)25-21(29)26-18-9-8-17(30-19(18)13-27)11-20(28)24-12-16-3-1-2-10-23-16/h1-10,17-19,27H,11-13H2,(H,24,28)(H2,25,26,29)/t17-,18-,19+/m1/s1.